The fourth-order valence-corrected chi connectivity index (χ4v) is 5.03. The van der Waals surface area contributed by atoms with E-state index in [9.17, 15) is 0 Å². The Hall–Kier alpha value is -0.360. The van der Waals surface area contributed by atoms with E-state index in [2.05, 4.69) is 52.9 Å². The first kappa shape index (κ1) is 21.9. The van der Waals surface area contributed by atoms with Gasteiger partial charge in [0, 0.05) is 51.9 Å². The van der Waals surface area contributed by atoms with Crippen LogP contribution in [0.3, 0.4) is 0 Å². The Bertz CT molecular complexity index is 568. The van der Waals surface area contributed by atoms with E-state index in [1.165, 1.54) is 38.3 Å². The number of nitrogens with zero attached hydrogens (tertiary/aromatic N) is 3. The topological polar surface area (TPSA) is 19.0 Å². The van der Waals surface area contributed by atoms with Gasteiger partial charge >= 0.3 is 0 Å². The molecule has 0 aromatic heterocycles. The minimum atomic E-state index is 0. The number of fused-ring (bicyclic) bond motifs is 1. The van der Waals surface area contributed by atoms with Gasteiger partial charge < -0.3 is 9.64 Å². The summed E-state index contributed by atoms with van der Waals surface area (Å²) in [6, 6.07) is 9.57. The van der Waals surface area contributed by atoms with E-state index >= 15 is 0 Å². The molecule has 3 saturated heterocycles. The molecule has 3 heterocycles. The number of hydrogen-bond acceptors (Lipinski definition) is 4. The molecule has 0 spiro atoms. The van der Waals surface area contributed by atoms with Crippen molar-refractivity contribution < 1.29 is 4.74 Å². The monoisotopic (exact) mass is 401 g/mol. The summed E-state index contributed by atoms with van der Waals surface area (Å²) in [5.74, 6) is 1.63. The number of rotatable bonds is 4. The molecule has 0 aliphatic carbocycles. The molecule has 3 aliphatic rings. The quantitative estimate of drug-likeness (QED) is 0.771. The van der Waals surface area contributed by atoms with Gasteiger partial charge in [-0.3, -0.25) is 9.80 Å². The van der Waals surface area contributed by atoms with E-state index in [1.807, 2.05) is 0 Å². The second-order valence-corrected chi connectivity index (χ2v) is 7.88. The van der Waals surface area contributed by atoms with Crippen LogP contribution in [-0.2, 0) is 4.74 Å². The van der Waals surface area contributed by atoms with Gasteiger partial charge in [0.15, 0.2) is 0 Å². The van der Waals surface area contributed by atoms with E-state index in [1.54, 1.807) is 5.56 Å². The third-order valence-corrected chi connectivity index (χ3v) is 6.31. The average Bonchev–Trinajstić information content (AvgIpc) is 3.11. The van der Waals surface area contributed by atoms with Crippen LogP contribution in [0, 0.1) is 18.8 Å². The Morgan fingerprint density at radius 2 is 1.65 bits per heavy atom. The van der Waals surface area contributed by atoms with Crippen molar-refractivity contribution in [3.8, 4) is 0 Å². The molecule has 0 saturated carbocycles. The Kier molecular flexibility index (Phi) is 8.20. The molecule has 3 atom stereocenters. The molecule has 4 rings (SSSR count). The Labute approximate surface area is 170 Å². The lowest BCUT2D eigenvalue weighted by Crippen LogP contribution is -2.41. The molecule has 0 unspecified atom stereocenters. The molecule has 0 radical (unpaired) electrons. The molecule has 26 heavy (non-hydrogen) atoms. The number of benzene rings is 1. The molecule has 1 aromatic carbocycles. The van der Waals surface area contributed by atoms with Crippen LogP contribution in [0.1, 0.15) is 17.2 Å². The largest absolute Gasteiger partial charge is 0.379 e. The summed E-state index contributed by atoms with van der Waals surface area (Å²) in [4.78, 5) is 7.86. The van der Waals surface area contributed by atoms with Crippen molar-refractivity contribution in [3.05, 3.63) is 35.4 Å². The predicted molar refractivity (Wildman–Crippen MR) is 112 cm³/mol. The minimum Gasteiger partial charge on any atom is -0.379 e. The summed E-state index contributed by atoms with van der Waals surface area (Å²) in [7, 11) is 2.31. The van der Waals surface area contributed by atoms with Crippen molar-refractivity contribution in [2.24, 2.45) is 11.8 Å². The van der Waals surface area contributed by atoms with Gasteiger partial charge in [0.1, 0.15) is 0 Å². The highest BCUT2D eigenvalue weighted by molar-refractivity contribution is 5.85. The van der Waals surface area contributed by atoms with Crippen LogP contribution >= 0.6 is 24.8 Å². The summed E-state index contributed by atoms with van der Waals surface area (Å²) >= 11 is 0. The smallest absolute Gasteiger partial charge is 0.0594 e. The van der Waals surface area contributed by atoms with Crippen molar-refractivity contribution in [1.82, 2.24) is 14.7 Å². The zero-order chi connectivity index (χ0) is 16.5. The molecule has 148 valence electrons. The molecule has 4 nitrogen and oxygen atoms in total. The summed E-state index contributed by atoms with van der Waals surface area (Å²) < 4.78 is 5.46. The predicted octanol–water partition coefficient (Wildman–Crippen LogP) is 2.71. The average molecular weight is 402 g/mol. The van der Waals surface area contributed by atoms with Crippen molar-refractivity contribution in [3.63, 3.8) is 0 Å². The van der Waals surface area contributed by atoms with Gasteiger partial charge in [0.25, 0.3) is 0 Å². The van der Waals surface area contributed by atoms with Crippen LogP contribution < -0.4 is 0 Å². The molecule has 0 N–H and O–H groups in total. The van der Waals surface area contributed by atoms with Crippen LogP contribution in [0.2, 0.25) is 0 Å². The summed E-state index contributed by atoms with van der Waals surface area (Å²) in [6.45, 7) is 12.5. The number of likely N-dealkylation sites (tertiary alicyclic amines) is 2. The number of hydrogen-bond donors (Lipinski definition) is 0. The number of ether oxygens (including phenoxy) is 1. The van der Waals surface area contributed by atoms with Crippen molar-refractivity contribution in [1.29, 1.82) is 0 Å². The van der Waals surface area contributed by atoms with Gasteiger partial charge in [0.2, 0.25) is 0 Å². The van der Waals surface area contributed by atoms with Gasteiger partial charge in [-0.15, -0.1) is 24.8 Å². The minimum absolute atomic E-state index is 0. The summed E-state index contributed by atoms with van der Waals surface area (Å²) in [5.41, 5.74) is 2.99. The van der Waals surface area contributed by atoms with E-state index in [0.29, 0.717) is 6.04 Å². The van der Waals surface area contributed by atoms with Gasteiger partial charge in [-0.2, -0.15) is 0 Å². The lowest BCUT2D eigenvalue weighted by Gasteiger charge is -2.30. The maximum absolute atomic E-state index is 5.46. The number of halogens is 2. The molecule has 0 bridgehead atoms. The van der Waals surface area contributed by atoms with Crippen LogP contribution in [-0.4, -0.2) is 80.8 Å². The second kappa shape index (κ2) is 9.72. The van der Waals surface area contributed by atoms with Gasteiger partial charge in [-0.05, 0) is 36.9 Å². The van der Waals surface area contributed by atoms with Crippen LogP contribution in [0.25, 0.3) is 0 Å². The third-order valence-electron chi connectivity index (χ3n) is 6.31. The standard InChI is InChI=1S/C20H31N3O.2ClH/c1-16-5-3-4-6-18(16)20-19-15-23(14-17(19)13-21(20)2)8-7-22-9-11-24-12-10-22;;/h3-6,17,19-20H,7-15H2,1-2H3;2*1H/t17-,19+,20-;;/m0../s1. The van der Waals surface area contributed by atoms with Crippen molar-refractivity contribution >= 4 is 24.8 Å². The lowest BCUT2D eigenvalue weighted by atomic mass is 9.88. The lowest BCUT2D eigenvalue weighted by molar-refractivity contribution is 0.0338. The van der Waals surface area contributed by atoms with Crippen LogP contribution in [0.15, 0.2) is 24.3 Å². The van der Waals surface area contributed by atoms with Gasteiger partial charge in [-0.1, -0.05) is 24.3 Å². The highest BCUT2D eigenvalue weighted by atomic mass is 35.5. The maximum Gasteiger partial charge on any atom is 0.0594 e. The number of aryl methyl sites for hydroxylation is 1. The highest BCUT2D eigenvalue weighted by Crippen LogP contribution is 2.44. The fraction of sp³-hybridized carbons (Fsp3) is 0.700. The summed E-state index contributed by atoms with van der Waals surface area (Å²) in [6.07, 6.45) is 0. The first-order chi connectivity index (χ1) is 11.7. The van der Waals surface area contributed by atoms with E-state index < -0.39 is 0 Å². The Morgan fingerprint density at radius 1 is 0.962 bits per heavy atom. The maximum atomic E-state index is 5.46. The number of morpholine rings is 1. The molecule has 3 aliphatic heterocycles. The summed E-state index contributed by atoms with van der Waals surface area (Å²) in [5, 5.41) is 0. The second-order valence-electron chi connectivity index (χ2n) is 7.88. The fourth-order valence-electron chi connectivity index (χ4n) is 5.03. The molecular weight excluding hydrogens is 369 g/mol. The van der Waals surface area contributed by atoms with E-state index in [-0.39, 0.29) is 24.8 Å². The highest BCUT2D eigenvalue weighted by Gasteiger charge is 2.46. The first-order valence-electron chi connectivity index (χ1n) is 9.50. The SMILES string of the molecule is Cc1ccccc1[C@H]1[C@@H]2CN(CCN3CCOCC3)C[C@@H]2CN1C.Cl.Cl. The van der Waals surface area contributed by atoms with Gasteiger partial charge in [-0.25, -0.2) is 0 Å². The van der Waals surface area contributed by atoms with Crippen molar-refractivity contribution in [2.75, 3.05) is 66.1 Å². The zero-order valence-electron chi connectivity index (χ0n) is 16.0. The third kappa shape index (κ3) is 4.54. The molecule has 0 amide bonds. The molecule has 3 fully saturated rings. The van der Waals surface area contributed by atoms with E-state index in [0.717, 1.165) is 38.1 Å². The Balaban J connectivity index is 0.00000121. The molecular formula is C20H33Cl2N3O. The van der Waals surface area contributed by atoms with Crippen molar-refractivity contribution in [2.45, 2.75) is 13.0 Å². The molecule has 6 heteroatoms. The van der Waals surface area contributed by atoms with Crippen LogP contribution in [0.5, 0.6) is 0 Å². The zero-order valence-corrected chi connectivity index (χ0v) is 17.6. The van der Waals surface area contributed by atoms with E-state index in [4.69, 9.17) is 4.74 Å². The van der Waals surface area contributed by atoms with Gasteiger partial charge in [0.05, 0.1) is 13.2 Å². The molecule has 1 aromatic rings. The first-order valence-corrected chi connectivity index (χ1v) is 9.50. The normalized spacial score (nSPS) is 29.8. The Morgan fingerprint density at radius 3 is 2.38 bits per heavy atom. The van der Waals surface area contributed by atoms with Crippen LogP contribution in [0.4, 0.5) is 0 Å².